The van der Waals surface area contributed by atoms with Crippen LogP contribution in [-0.4, -0.2) is 65.9 Å². The molecule has 4 rings (SSSR count). The van der Waals surface area contributed by atoms with E-state index in [-0.39, 0.29) is 11.6 Å². The van der Waals surface area contributed by atoms with E-state index in [1.807, 2.05) is 13.0 Å². The summed E-state index contributed by atoms with van der Waals surface area (Å²) in [7, 11) is 0. The van der Waals surface area contributed by atoms with Crippen molar-refractivity contribution in [1.29, 1.82) is 0 Å². The van der Waals surface area contributed by atoms with Gasteiger partial charge in [-0.25, -0.2) is 14.4 Å². The molecular formula is C22H25FN4O2. The zero-order valence-electron chi connectivity index (χ0n) is 16.5. The van der Waals surface area contributed by atoms with Crippen LogP contribution in [0.4, 0.5) is 10.2 Å². The highest BCUT2D eigenvalue weighted by atomic mass is 19.1. The minimum atomic E-state index is -0.312. The Labute approximate surface area is 169 Å². The molecule has 29 heavy (non-hydrogen) atoms. The number of rotatable bonds is 6. The number of aromatic nitrogens is 2. The Balaban J connectivity index is 1.66. The quantitative estimate of drug-likeness (QED) is 0.645. The number of hydrogen-bond donors (Lipinski definition) is 1. The van der Waals surface area contributed by atoms with Gasteiger partial charge in [-0.1, -0.05) is 12.1 Å². The Hall–Kier alpha value is -2.77. The largest absolute Gasteiger partial charge is 0.507 e. The number of aromatic hydroxyl groups is 1. The van der Waals surface area contributed by atoms with Crippen LogP contribution in [0.25, 0.3) is 22.3 Å². The summed E-state index contributed by atoms with van der Waals surface area (Å²) in [4.78, 5) is 13.9. The van der Waals surface area contributed by atoms with Gasteiger partial charge in [-0.2, -0.15) is 0 Å². The molecule has 0 aliphatic carbocycles. The van der Waals surface area contributed by atoms with Crippen molar-refractivity contribution < 1.29 is 14.2 Å². The first-order valence-corrected chi connectivity index (χ1v) is 9.96. The molecule has 1 aromatic heterocycles. The van der Waals surface area contributed by atoms with Gasteiger partial charge in [-0.05, 0) is 37.3 Å². The number of piperazine rings is 1. The molecule has 152 valence electrons. The number of halogens is 1. The maximum atomic E-state index is 14.0. The van der Waals surface area contributed by atoms with E-state index in [1.54, 1.807) is 24.3 Å². The number of nitrogens with zero attached hydrogens (tertiary/aromatic N) is 4. The molecule has 0 bridgehead atoms. The number of ether oxygens (including phenoxy) is 1. The van der Waals surface area contributed by atoms with Crippen molar-refractivity contribution in [3.63, 3.8) is 0 Å². The molecule has 0 radical (unpaired) electrons. The van der Waals surface area contributed by atoms with E-state index in [1.165, 1.54) is 12.1 Å². The van der Waals surface area contributed by atoms with Crippen LogP contribution >= 0.6 is 0 Å². The zero-order chi connectivity index (χ0) is 20.2. The van der Waals surface area contributed by atoms with Gasteiger partial charge in [0.25, 0.3) is 0 Å². The average molecular weight is 396 g/mol. The Kier molecular flexibility index (Phi) is 5.87. The van der Waals surface area contributed by atoms with Crippen LogP contribution < -0.4 is 4.90 Å². The fourth-order valence-electron chi connectivity index (χ4n) is 3.63. The molecule has 2 aromatic carbocycles. The Morgan fingerprint density at radius 2 is 1.86 bits per heavy atom. The van der Waals surface area contributed by atoms with Gasteiger partial charge >= 0.3 is 0 Å². The number of hydrogen-bond acceptors (Lipinski definition) is 6. The molecule has 1 saturated heterocycles. The molecule has 2 heterocycles. The van der Waals surface area contributed by atoms with Gasteiger partial charge in [0.2, 0.25) is 0 Å². The van der Waals surface area contributed by atoms with Crippen molar-refractivity contribution in [1.82, 2.24) is 14.9 Å². The molecule has 1 aliphatic heterocycles. The second kappa shape index (κ2) is 8.71. The third-order valence-corrected chi connectivity index (χ3v) is 5.21. The topological polar surface area (TPSA) is 61.7 Å². The number of benzene rings is 2. The van der Waals surface area contributed by atoms with Crippen LogP contribution in [0.15, 0.2) is 42.5 Å². The standard InChI is InChI=1S/C22H25FN4O2/c1-2-29-14-13-26-9-11-27(12-10-26)22-18-15-16(23)7-8-19(18)24-21(25-22)17-5-3-4-6-20(17)28/h3-8,15,28H,2,9-14H2,1H3. The predicted molar refractivity (Wildman–Crippen MR) is 112 cm³/mol. The summed E-state index contributed by atoms with van der Waals surface area (Å²) < 4.78 is 19.4. The molecule has 1 N–H and O–H groups in total. The molecule has 1 aliphatic rings. The summed E-state index contributed by atoms with van der Waals surface area (Å²) in [5.74, 6) is 0.960. The molecule has 0 spiro atoms. The van der Waals surface area contributed by atoms with Gasteiger partial charge in [0.15, 0.2) is 5.82 Å². The summed E-state index contributed by atoms with van der Waals surface area (Å²) in [6.07, 6.45) is 0. The van der Waals surface area contributed by atoms with Gasteiger partial charge < -0.3 is 14.7 Å². The third kappa shape index (κ3) is 4.31. The van der Waals surface area contributed by atoms with Crippen LogP contribution in [0.5, 0.6) is 5.75 Å². The summed E-state index contributed by atoms with van der Waals surface area (Å²) in [5.41, 5.74) is 1.23. The first-order valence-electron chi connectivity index (χ1n) is 9.96. The van der Waals surface area contributed by atoms with Crippen molar-refractivity contribution in [3.05, 3.63) is 48.3 Å². The zero-order valence-corrected chi connectivity index (χ0v) is 16.5. The average Bonchev–Trinajstić information content (AvgIpc) is 2.74. The normalized spacial score (nSPS) is 15.2. The van der Waals surface area contributed by atoms with Crippen molar-refractivity contribution in [2.24, 2.45) is 0 Å². The van der Waals surface area contributed by atoms with E-state index in [0.29, 0.717) is 28.1 Å². The third-order valence-electron chi connectivity index (χ3n) is 5.21. The van der Waals surface area contributed by atoms with Crippen molar-refractivity contribution in [2.45, 2.75) is 6.92 Å². The highest BCUT2D eigenvalue weighted by Crippen LogP contribution is 2.32. The fraction of sp³-hybridized carbons (Fsp3) is 0.364. The van der Waals surface area contributed by atoms with Crippen LogP contribution in [0.3, 0.4) is 0 Å². The lowest BCUT2D eigenvalue weighted by atomic mass is 10.1. The van der Waals surface area contributed by atoms with Gasteiger partial charge in [0.05, 0.1) is 17.7 Å². The molecule has 3 aromatic rings. The molecule has 7 heteroatoms. The minimum absolute atomic E-state index is 0.126. The summed E-state index contributed by atoms with van der Waals surface area (Å²) in [6, 6.07) is 11.6. The lowest BCUT2D eigenvalue weighted by Crippen LogP contribution is -2.47. The lowest BCUT2D eigenvalue weighted by Gasteiger charge is -2.35. The number of anilines is 1. The van der Waals surface area contributed by atoms with Crippen molar-refractivity contribution in [3.8, 4) is 17.1 Å². The lowest BCUT2D eigenvalue weighted by molar-refractivity contribution is 0.111. The molecule has 0 atom stereocenters. The highest BCUT2D eigenvalue weighted by Gasteiger charge is 2.22. The Bertz CT molecular complexity index is 990. The van der Waals surface area contributed by atoms with E-state index < -0.39 is 0 Å². The van der Waals surface area contributed by atoms with Crippen LogP contribution in [-0.2, 0) is 4.74 Å². The van der Waals surface area contributed by atoms with E-state index in [4.69, 9.17) is 9.72 Å². The minimum Gasteiger partial charge on any atom is -0.507 e. The van der Waals surface area contributed by atoms with Crippen molar-refractivity contribution in [2.75, 3.05) is 50.8 Å². The first kappa shape index (κ1) is 19.5. The Morgan fingerprint density at radius 1 is 1.07 bits per heavy atom. The maximum absolute atomic E-state index is 14.0. The van der Waals surface area contributed by atoms with Crippen LogP contribution in [0, 0.1) is 5.82 Å². The highest BCUT2D eigenvalue weighted by molar-refractivity contribution is 5.91. The van der Waals surface area contributed by atoms with Gasteiger partial charge in [0.1, 0.15) is 17.4 Å². The molecule has 0 amide bonds. The van der Waals surface area contributed by atoms with Gasteiger partial charge in [0, 0.05) is 44.7 Å². The predicted octanol–water partition coefficient (Wildman–Crippen LogP) is 3.30. The molecular weight excluding hydrogens is 371 g/mol. The fourth-order valence-corrected chi connectivity index (χ4v) is 3.63. The molecule has 1 fully saturated rings. The smallest absolute Gasteiger partial charge is 0.165 e. The maximum Gasteiger partial charge on any atom is 0.165 e. The van der Waals surface area contributed by atoms with E-state index in [2.05, 4.69) is 14.8 Å². The first-order chi connectivity index (χ1) is 14.2. The van der Waals surface area contributed by atoms with Crippen molar-refractivity contribution >= 4 is 16.7 Å². The monoisotopic (exact) mass is 396 g/mol. The van der Waals surface area contributed by atoms with E-state index in [0.717, 1.165) is 45.9 Å². The molecule has 0 saturated carbocycles. The second-order valence-electron chi connectivity index (χ2n) is 7.08. The SMILES string of the molecule is CCOCCN1CCN(c2nc(-c3ccccc3O)nc3ccc(F)cc23)CC1. The number of para-hydroxylation sites is 1. The summed E-state index contributed by atoms with van der Waals surface area (Å²) in [5, 5.41) is 10.9. The molecule has 0 unspecified atom stereocenters. The van der Waals surface area contributed by atoms with Crippen LogP contribution in [0.1, 0.15) is 6.92 Å². The second-order valence-corrected chi connectivity index (χ2v) is 7.08. The van der Waals surface area contributed by atoms with E-state index in [9.17, 15) is 9.50 Å². The number of phenolic OH excluding ortho intramolecular Hbond substituents is 1. The summed E-state index contributed by atoms with van der Waals surface area (Å²) in [6.45, 7) is 7.72. The molecule has 6 nitrogen and oxygen atoms in total. The van der Waals surface area contributed by atoms with Gasteiger partial charge in [-0.15, -0.1) is 0 Å². The van der Waals surface area contributed by atoms with Crippen LogP contribution in [0.2, 0.25) is 0 Å². The number of fused-ring (bicyclic) bond motifs is 1. The number of phenols is 1. The summed E-state index contributed by atoms with van der Waals surface area (Å²) >= 11 is 0. The Morgan fingerprint density at radius 3 is 2.62 bits per heavy atom. The van der Waals surface area contributed by atoms with E-state index >= 15 is 0 Å². The van der Waals surface area contributed by atoms with Gasteiger partial charge in [-0.3, -0.25) is 4.90 Å².